The second-order valence-electron chi connectivity index (χ2n) is 3.60. The van der Waals surface area contributed by atoms with Gasteiger partial charge in [-0.3, -0.25) is 4.79 Å². The molecule has 1 aromatic rings. The molecule has 0 aliphatic carbocycles. The number of Topliss-reactive ketones (excluding diaryl/α,β-unsaturated/α-hetero) is 1. The number of ether oxygens (including phenoxy) is 1. The Morgan fingerprint density at radius 3 is 2.44 bits per heavy atom. The van der Waals surface area contributed by atoms with E-state index in [0.717, 1.165) is 5.56 Å². The van der Waals surface area contributed by atoms with Crippen LogP contribution in [0.1, 0.15) is 12.5 Å². The predicted octanol–water partition coefficient (Wildman–Crippen LogP) is 1.84. The van der Waals surface area contributed by atoms with Crippen LogP contribution in [0.25, 0.3) is 0 Å². The first kappa shape index (κ1) is 12.2. The van der Waals surface area contributed by atoms with Crippen molar-refractivity contribution in [1.82, 2.24) is 4.90 Å². The molecule has 0 radical (unpaired) electrons. The van der Waals surface area contributed by atoms with Crippen molar-refractivity contribution < 1.29 is 14.3 Å². The summed E-state index contributed by atoms with van der Waals surface area (Å²) in [5.74, 6) is -0.0702. The molecule has 0 spiro atoms. The van der Waals surface area contributed by atoms with Crippen molar-refractivity contribution in [1.29, 1.82) is 0 Å². The average Bonchev–Trinajstić information content (AvgIpc) is 2.26. The van der Waals surface area contributed by atoms with Crippen LogP contribution in [0.15, 0.2) is 30.3 Å². The molecule has 1 amide bonds. The molecule has 0 saturated carbocycles. The van der Waals surface area contributed by atoms with E-state index in [-0.39, 0.29) is 18.9 Å². The first-order chi connectivity index (χ1) is 7.59. The number of rotatable bonds is 4. The van der Waals surface area contributed by atoms with Gasteiger partial charge in [-0.25, -0.2) is 4.79 Å². The number of amides is 1. The van der Waals surface area contributed by atoms with E-state index < -0.39 is 6.09 Å². The summed E-state index contributed by atoms with van der Waals surface area (Å²) in [4.78, 5) is 23.4. The van der Waals surface area contributed by atoms with Gasteiger partial charge in [-0.2, -0.15) is 0 Å². The number of nitrogens with zero attached hydrogens (tertiary/aromatic N) is 1. The molecule has 16 heavy (non-hydrogen) atoms. The zero-order chi connectivity index (χ0) is 12.0. The smallest absolute Gasteiger partial charge is 0.410 e. The third-order valence-corrected chi connectivity index (χ3v) is 1.98. The van der Waals surface area contributed by atoms with Crippen LogP contribution >= 0.6 is 0 Å². The van der Waals surface area contributed by atoms with Gasteiger partial charge in [0.15, 0.2) is 0 Å². The summed E-state index contributed by atoms with van der Waals surface area (Å²) >= 11 is 0. The van der Waals surface area contributed by atoms with Gasteiger partial charge in [0, 0.05) is 7.05 Å². The number of ketones is 1. The molecule has 0 atom stereocenters. The minimum atomic E-state index is -0.487. The maximum absolute atomic E-state index is 11.4. The van der Waals surface area contributed by atoms with Gasteiger partial charge < -0.3 is 9.64 Å². The first-order valence-electron chi connectivity index (χ1n) is 5.01. The van der Waals surface area contributed by atoms with Gasteiger partial charge in [0.2, 0.25) is 0 Å². The molecule has 0 saturated heterocycles. The SMILES string of the molecule is CC(=O)CN(C)C(=O)OCc1ccccc1. The van der Waals surface area contributed by atoms with E-state index in [9.17, 15) is 9.59 Å². The summed E-state index contributed by atoms with van der Waals surface area (Å²) in [5, 5.41) is 0. The second-order valence-corrected chi connectivity index (χ2v) is 3.60. The number of hydrogen-bond acceptors (Lipinski definition) is 3. The first-order valence-corrected chi connectivity index (χ1v) is 5.01. The quantitative estimate of drug-likeness (QED) is 0.779. The molecule has 1 aromatic carbocycles. The third-order valence-electron chi connectivity index (χ3n) is 1.98. The third kappa shape index (κ3) is 4.13. The highest BCUT2D eigenvalue weighted by Gasteiger charge is 2.11. The highest BCUT2D eigenvalue weighted by molar-refractivity contribution is 5.81. The van der Waals surface area contributed by atoms with Crippen molar-refractivity contribution in [3.63, 3.8) is 0 Å². The van der Waals surface area contributed by atoms with Gasteiger partial charge in [0.05, 0.1) is 6.54 Å². The van der Waals surface area contributed by atoms with Gasteiger partial charge in [0.25, 0.3) is 0 Å². The van der Waals surface area contributed by atoms with E-state index in [1.54, 1.807) is 0 Å². The number of benzene rings is 1. The molecule has 0 N–H and O–H groups in total. The molecular weight excluding hydrogens is 206 g/mol. The summed E-state index contributed by atoms with van der Waals surface area (Å²) in [5.41, 5.74) is 0.923. The Kier molecular flexibility index (Phi) is 4.51. The molecule has 0 bridgehead atoms. The van der Waals surface area contributed by atoms with Gasteiger partial charge in [0.1, 0.15) is 12.4 Å². The van der Waals surface area contributed by atoms with Gasteiger partial charge in [-0.1, -0.05) is 30.3 Å². The van der Waals surface area contributed by atoms with Crippen molar-refractivity contribution in [2.45, 2.75) is 13.5 Å². The van der Waals surface area contributed by atoms with Crippen molar-refractivity contribution in [3.05, 3.63) is 35.9 Å². The molecule has 0 unspecified atom stereocenters. The molecule has 4 nitrogen and oxygen atoms in total. The molecule has 0 heterocycles. The molecule has 86 valence electrons. The average molecular weight is 221 g/mol. The largest absolute Gasteiger partial charge is 0.445 e. The second kappa shape index (κ2) is 5.90. The Labute approximate surface area is 94.8 Å². The maximum atomic E-state index is 11.4. The van der Waals surface area contributed by atoms with E-state index in [1.807, 2.05) is 30.3 Å². The minimum Gasteiger partial charge on any atom is -0.445 e. The Balaban J connectivity index is 2.38. The van der Waals surface area contributed by atoms with E-state index in [4.69, 9.17) is 4.74 Å². The van der Waals surface area contributed by atoms with Crippen LogP contribution in [0.5, 0.6) is 0 Å². The molecule has 4 heteroatoms. The van der Waals surface area contributed by atoms with Gasteiger partial charge in [-0.05, 0) is 12.5 Å². The van der Waals surface area contributed by atoms with E-state index in [2.05, 4.69) is 0 Å². The fraction of sp³-hybridized carbons (Fsp3) is 0.333. The zero-order valence-corrected chi connectivity index (χ0v) is 9.47. The van der Waals surface area contributed by atoms with Crippen LogP contribution in [-0.2, 0) is 16.1 Å². The number of hydrogen-bond donors (Lipinski definition) is 0. The topological polar surface area (TPSA) is 46.6 Å². The Hall–Kier alpha value is -1.84. The van der Waals surface area contributed by atoms with Crippen LogP contribution in [0.2, 0.25) is 0 Å². The van der Waals surface area contributed by atoms with Crippen LogP contribution in [-0.4, -0.2) is 30.4 Å². The number of carbonyl (C=O) groups excluding carboxylic acids is 2. The van der Waals surface area contributed by atoms with E-state index in [0.29, 0.717) is 0 Å². The lowest BCUT2D eigenvalue weighted by molar-refractivity contribution is -0.117. The van der Waals surface area contributed by atoms with Crippen LogP contribution in [0.3, 0.4) is 0 Å². The molecule has 0 fully saturated rings. The van der Waals surface area contributed by atoms with Crippen LogP contribution < -0.4 is 0 Å². The highest BCUT2D eigenvalue weighted by atomic mass is 16.6. The number of carbonyl (C=O) groups is 2. The Morgan fingerprint density at radius 1 is 1.25 bits per heavy atom. The van der Waals surface area contributed by atoms with Crippen molar-refractivity contribution in [3.8, 4) is 0 Å². The lowest BCUT2D eigenvalue weighted by Gasteiger charge is -2.15. The molecule has 0 aliphatic heterocycles. The highest BCUT2D eigenvalue weighted by Crippen LogP contribution is 2.02. The van der Waals surface area contributed by atoms with Crippen molar-refractivity contribution in [2.24, 2.45) is 0 Å². The molecule has 0 aliphatic rings. The summed E-state index contributed by atoms with van der Waals surface area (Å²) < 4.78 is 5.03. The molecular formula is C12H15NO3. The summed E-state index contributed by atoms with van der Waals surface area (Å²) in [7, 11) is 1.54. The van der Waals surface area contributed by atoms with Crippen LogP contribution in [0, 0.1) is 0 Å². The predicted molar refractivity (Wildman–Crippen MR) is 59.9 cm³/mol. The van der Waals surface area contributed by atoms with Gasteiger partial charge >= 0.3 is 6.09 Å². The van der Waals surface area contributed by atoms with Gasteiger partial charge in [-0.15, -0.1) is 0 Å². The van der Waals surface area contributed by atoms with E-state index >= 15 is 0 Å². The summed E-state index contributed by atoms with van der Waals surface area (Å²) in [6.07, 6.45) is -0.487. The lowest BCUT2D eigenvalue weighted by Crippen LogP contribution is -2.31. The van der Waals surface area contributed by atoms with Crippen molar-refractivity contribution >= 4 is 11.9 Å². The minimum absolute atomic E-state index is 0.0702. The van der Waals surface area contributed by atoms with Crippen molar-refractivity contribution in [2.75, 3.05) is 13.6 Å². The Bertz CT molecular complexity index is 362. The molecule has 0 aromatic heterocycles. The van der Waals surface area contributed by atoms with E-state index in [1.165, 1.54) is 18.9 Å². The van der Waals surface area contributed by atoms with Crippen LogP contribution in [0.4, 0.5) is 4.79 Å². The molecule has 1 rings (SSSR count). The standard InChI is InChI=1S/C12H15NO3/c1-10(14)8-13(2)12(15)16-9-11-6-4-3-5-7-11/h3-7H,8-9H2,1-2H3. The monoisotopic (exact) mass is 221 g/mol. The Morgan fingerprint density at radius 2 is 1.88 bits per heavy atom. The fourth-order valence-corrected chi connectivity index (χ4v) is 1.23. The maximum Gasteiger partial charge on any atom is 0.410 e. The summed E-state index contributed by atoms with van der Waals surface area (Å²) in [6, 6.07) is 9.40. The summed E-state index contributed by atoms with van der Waals surface area (Å²) in [6.45, 7) is 1.73. The number of likely N-dealkylation sites (N-methyl/N-ethyl adjacent to an activating group) is 1. The fourth-order valence-electron chi connectivity index (χ4n) is 1.23. The zero-order valence-electron chi connectivity index (χ0n) is 9.47. The lowest BCUT2D eigenvalue weighted by atomic mass is 10.2. The normalized spacial score (nSPS) is 9.62.